The van der Waals surface area contributed by atoms with Crippen LogP contribution in [0.3, 0.4) is 0 Å². The molecule has 0 saturated heterocycles. The van der Waals surface area contributed by atoms with Crippen LogP contribution in [0, 0.1) is 0 Å². The monoisotopic (exact) mass is 436 g/mol. The molecule has 2 heterocycles. The van der Waals surface area contributed by atoms with Gasteiger partial charge >= 0.3 is 0 Å². The molecule has 0 spiro atoms. The lowest BCUT2D eigenvalue weighted by Crippen LogP contribution is -2.45. The molecule has 2 aliphatic heterocycles. The highest BCUT2D eigenvalue weighted by molar-refractivity contribution is 8.14. The lowest BCUT2D eigenvalue weighted by molar-refractivity contribution is 0.620. The minimum atomic E-state index is -0.00153. The van der Waals surface area contributed by atoms with Crippen LogP contribution in [0.4, 0.5) is 0 Å². The van der Waals surface area contributed by atoms with E-state index in [0.717, 1.165) is 9.79 Å². The summed E-state index contributed by atoms with van der Waals surface area (Å²) >= 11 is 12.8. The van der Waals surface area contributed by atoms with Crippen LogP contribution >= 0.6 is 48.8 Å². The SMILES string of the molecule is CC12SC(c3ccc(S)cc3)=CC1=CC=C1C=C(c3ccc(S)cc3)SC12C. The van der Waals surface area contributed by atoms with E-state index in [9.17, 15) is 0 Å². The molecular weight excluding hydrogens is 417 g/mol. The predicted molar refractivity (Wildman–Crippen MR) is 131 cm³/mol. The summed E-state index contributed by atoms with van der Waals surface area (Å²) in [5, 5.41) is 0. The Labute approximate surface area is 186 Å². The first-order chi connectivity index (χ1) is 13.4. The first kappa shape index (κ1) is 18.8. The molecule has 0 fully saturated rings. The van der Waals surface area contributed by atoms with Gasteiger partial charge < -0.3 is 0 Å². The van der Waals surface area contributed by atoms with E-state index in [1.54, 1.807) is 0 Å². The van der Waals surface area contributed by atoms with Crippen molar-refractivity contribution in [1.82, 2.24) is 0 Å². The highest BCUT2D eigenvalue weighted by Gasteiger charge is 2.56. The van der Waals surface area contributed by atoms with Gasteiger partial charge in [0, 0.05) is 19.6 Å². The van der Waals surface area contributed by atoms with E-state index < -0.39 is 0 Å². The highest BCUT2D eigenvalue weighted by Crippen LogP contribution is 2.66. The molecule has 3 aliphatic rings. The fourth-order valence-corrected chi connectivity index (χ4v) is 7.47. The smallest absolute Gasteiger partial charge is 0.0615 e. The molecule has 4 heteroatoms. The standard InChI is InChI=1S/C24H20S4/c1-23-17(13-21(27-23)15-3-9-19(25)10-4-15)7-8-18-14-22(28-24(18,23)2)16-5-11-20(26)12-6-16/h3-14,25-26H,1-2H3. The van der Waals surface area contributed by atoms with E-state index in [2.05, 4.69) is 112 Å². The van der Waals surface area contributed by atoms with Gasteiger partial charge in [-0.3, -0.25) is 0 Å². The molecule has 2 aromatic carbocycles. The Bertz CT molecular complexity index is 997. The van der Waals surface area contributed by atoms with Gasteiger partial charge in [-0.15, -0.1) is 48.8 Å². The largest absolute Gasteiger partial charge is 0.143 e. The molecule has 2 unspecified atom stereocenters. The van der Waals surface area contributed by atoms with Crippen LogP contribution in [0.5, 0.6) is 0 Å². The zero-order valence-corrected chi connectivity index (χ0v) is 19.1. The number of benzene rings is 2. The van der Waals surface area contributed by atoms with Crippen molar-refractivity contribution < 1.29 is 0 Å². The van der Waals surface area contributed by atoms with E-state index in [1.807, 2.05) is 23.5 Å². The van der Waals surface area contributed by atoms with E-state index in [-0.39, 0.29) is 9.49 Å². The molecule has 2 aromatic rings. The predicted octanol–water partition coefficient (Wildman–Crippen LogP) is 7.52. The van der Waals surface area contributed by atoms with Gasteiger partial charge in [0.05, 0.1) is 9.49 Å². The summed E-state index contributed by atoms with van der Waals surface area (Å²) in [7, 11) is 0. The van der Waals surface area contributed by atoms with E-state index in [4.69, 9.17) is 0 Å². The fourth-order valence-electron chi connectivity index (χ4n) is 4.05. The summed E-state index contributed by atoms with van der Waals surface area (Å²) in [5.74, 6) is 0. The van der Waals surface area contributed by atoms with Crippen LogP contribution in [-0.2, 0) is 0 Å². The molecule has 0 bridgehead atoms. The summed E-state index contributed by atoms with van der Waals surface area (Å²) in [6.45, 7) is 4.79. The number of thioether (sulfide) groups is 2. The average Bonchev–Trinajstić information content (AvgIpc) is 3.21. The van der Waals surface area contributed by atoms with Crippen molar-refractivity contribution in [3.05, 3.63) is 95.1 Å². The Morgan fingerprint density at radius 3 is 1.32 bits per heavy atom. The quantitative estimate of drug-likeness (QED) is 0.467. The number of hydrogen-bond donors (Lipinski definition) is 2. The van der Waals surface area contributed by atoms with Gasteiger partial charge in [-0.1, -0.05) is 36.4 Å². The highest BCUT2D eigenvalue weighted by atomic mass is 32.2. The summed E-state index contributed by atoms with van der Waals surface area (Å²) in [5.41, 5.74) is 5.35. The lowest BCUT2D eigenvalue weighted by atomic mass is 9.77. The Morgan fingerprint density at radius 1 is 0.607 bits per heavy atom. The number of thiol groups is 2. The van der Waals surface area contributed by atoms with Gasteiger partial charge in [0.2, 0.25) is 0 Å². The number of fused-ring (bicyclic) bond motifs is 3. The van der Waals surface area contributed by atoms with Gasteiger partial charge in [-0.25, -0.2) is 0 Å². The van der Waals surface area contributed by atoms with Gasteiger partial charge in [0.15, 0.2) is 0 Å². The maximum Gasteiger partial charge on any atom is 0.0615 e. The van der Waals surface area contributed by atoms with E-state index in [1.165, 1.54) is 32.1 Å². The summed E-state index contributed by atoms with van der Waals surface area (Å²) in [6.07, 6.45) is 9.34. The van der Waals surface area contributed by atoms with Gasteiger partial charge in [-0.05, 0) is 72.5 Å². The summed E-state index contributed by atoms with van der Waals surface area (Å²) < 4.78 is -0.00306. The van der Waals surface area contributed by atoms with Gasteiger partial charge in [0.25, 0.3) is 0 Å². The van der Waals surface area contributed by atoms with E-state index >= 15 is 0 Å². The van der Waals surface area contributed by atoms with Crippen LogP contribution in [0.25, 0.3) is 9.81 Å². The first-order valence-corrected chi connectivity index (χ1v) is 11.7. The maximum absolute atomic E-state index is 4.43. The second-order valence-electron chi connectivity index (χ2n) is 7.63. The fraction of sp³-hybridized carbons (Fsp3) is 0.167. The molecule has 1 aliphatic carbocycles. The maximum atomic E-state index is 4.43. The van der Waals surface area contributed by atoms with Gasteiger partial charge in [0.1, 0.15) is 0 Å². The van der Waals surface area contributed by atoms with Crippen LogP contribution in [0.1, 0.15) is 25.0 Å². The summed E-state index contributed by atoms with van der Waals surface area (Å²) in [4.78, 5) is 4.68. The number of hydrogen-bond acceptors (Lipinski definition) is 4. The summed E-state index contributed by atoms with van der Waals surface area (Å²) in [6, 6.07) is 17.0. The topological polar surface area (TPSA) is 0 Å². The Morgan fingerprint density at radius 2 is 0.964 bits per heavy atom. The molecule has 0 aromatic heterocycles. The zero-order chi connectivity index (χ0) is 19.5. The van der Waals surface area contributed by atoms with Crippen molar-refractivity contribution in [2.75, 3.05) is 0 Å². The Balaban J connectivity index is 1.50. The number of allylic oxidation sites excluding steroid dienone is 4. The molecule has 0 saturated carbocycles. The molecule has 0 radical (unpaired) electrons. The third-order valence-electron chi connectivity index (χ3n) is 5.96. The molecule has 0 nitrogen and oxygen atoms in total. The molecule has 28 heavy (non-hydrogen) atoms. The van der Waals surface area contributed by atoms with Crippen molar-refractivity contribution >= 4 is 58.6 Å². The minimum absolute atomic E-state index is 0.00153. The normalized spacial score (nSPS) is 28.1. The van der Waals surface area contributed by atoms with Crippen molar-refractivity contribution in [3.63, 3.8) is 0 Å². The Hall–Kier alpha value is -1.20. The van der Waals surface area contributed by atoms with Crippen molar-refractivity contribution in [1.29, 1.82) is 0 Å². The molecule has 140 valence electrons. The first-order valence-electron chi connectivity index (χ1n) is 9.22. The van der Waals surface area contributed by atoms with Gasteiger partial charge in [-0.2, -0.15) is 0 Å². The third-order valence-corrected chi connectivity index (χ3v) is 9.94. The molecular formula is C24H20S4. The second kappa shape index (κ2) is 6.66. The van der Waals surface area contributed by atoms with Crippen LogP contribution in [-0.4, -0.2) is 9.49 Å². The molecule has 2 atom stereocenters. The van der Waals surface area contributed by atoms with E-state index in [0.29, 0.717) is 0 Å². The number of rotatable bonds is 2. The minimum Gasteiger partial charge on any atom is -0.143 e. The third kappa shape index (κ3) is 2.80. The van der Waals surface area contributed by atoms with Crippen LogP contribution in [0.15, 0.2) is 93.8 Å². The molecule has 0 amide bonds. The second-order valence-corrected chi connectivity index (χ2v) is 11.6. The van der Waals surface area contributed by atoms with Crippen molar-refractivity contribution in [3.8, 4) is 0 Å². The van der Waals surface area contributed by atoms with Crippen molar-refractivity contribution in [2.24, 2.45) is 0 Å². The Kier molecular flexibility index (Phi) is 4.48. The average molecular weight is 437 g/mol. The molecule has 5 rings (SSSR count). The molecule has 0 N–H and O–H groups in total. The van der Waals surface area contributed by atoms with Crippen LogP contribution in [0.2, 0.25) is 0 Å². The zero-order valence-electron chi connectivity index (χ0n) is 15.6. The lowest BCUT2D eigenvalue weighted by Gasteiger charge is -2.44. The van der Waals surface area contributed by atoms with Crippen LogP contribution < -0.4 is 0 Å². The van der Waals surface area contributed by atoms with Crippen molar-refractivity contribution in [2.45, 2.75) is 33.1 Å².